The number of pyridine rings is 1. The van der Waals surface area contributed by atoms with E-state index in [4.69, 9.17) is 22.6 Å². The van der Waals surface area contributed by atoms with Gasteiger partial charge in [-0.25, -0.2) is 0 Å². The molecule has 1 aromatic heterocycles. The van der Waals surface area contributed by atoms with Crippen molar-refractivity contribution in [1.29, 1.82) is 0 Å². The minimum absolute atomic E-state index is 0.407. The van der Waals surface area contributed by atoms with Crippen LogP contribution in [0.5, 0.6) is 28.7 Å². The van der Waals surface area contributed by atoms with Crippen molar-refractivity contribution in [2.45, 2.75) is 0 Å². The van der Waals surface area contributed by atoms with Crippen LogP contribution in [0.2, 0.25) is 0 Å². The summed E-state index contributed by atoms with van der Waals surface area (Å²) >= 11 is 0. The fourth-order valence-electron chi connectivity index (χ4n) is 5.21. The standard InChI is InChI=1S/C33H22NO5P/c1-5-17-28-24(13-1)25-14-2-6-18-29(25)36-40(35-28,39-32-21-9-11-23-12-10-22-34-33(23)32)37-30-19-7-3-15-26(30)27-16-4-8-20-31(27)38-40/h1-22H. The van der Waals surface area contributed by atoms with E-state index in [9.17, 15) is 0 Å². The van der Waals surface area contributed by atoms with Crippen molar-refractivity contribution >= 4 is 18.6 Å². The van der Waals surface area contributed by atoms with E-state index in [1.54, 1.807) is 6.20 Å². The summed E-state index contributed by atoms with van der Waals surface area (Å²) in [5.74, 6) is 2.44. The van der Waals surface area contributed by atoms with E-state index in [2.05, 4.69) is 4.98 Å². The number of benzene rings is 5. The van der Waals surface area contributed by atoms with E-state index >= 15 is 0 Å². The normalized spacial score (nSPS) is 16.4. The third-order valence-corrected chi connectivity index (χ3v) is 9.44. The molecule has 6 aromatic rings. The zero-order chi connectivity index (χ0) is 26.6. The van der Waals surface area contributed by atoms with Crippen LogP contribution in [0.1, 0.15) is 0 Å². The average molecular weight is 544 g/mol. The summed E-state index contributed by atoms with van der Waals surface area (Å²) in [6, 6.07) is 40.4. The molecule has 40 heavy (non-hydrogen) atoms. The number of para-hydroxylation sites is 5. The fourth-order valence-corrected chi connectivity index (χ4v) is 7.98. The van der Waals surface area contributed by atoms with Crippen LogP contribution in [-0.4, -0.2) is 4.98 Å². The van der Waals surface area contributed by atoms with E-state index in [1.165, 1.54) is 0 Å². The summed E-state index contributed by atoms with van der Waals surface area (Å²) in [5.41, 5.74) is 3.95. The number of nitrogens with zero attached hydrogens (tertiary/aromatic N) is 1. The molecular formula is C33H22NO5P. The first-order valence-corrected chi connectivity index (χ1v) is 14.7. The summed E-state index contributed by atoms with van der Waals surface area (Å²) < 4.78 is 34.6. The Hall–Kier alpha value is -5.06. The quantitative estimate of drug-likeness (QED) is 0.203. The number of rotatable bonds is 2. The molecule has 1 spiro atoms. The van der Waals surface area contributed by atoms with Gasteiger partial charge in [0.05, 0.1) is 0 Å². The van der Waals surface area contributed by atoms with Gasteiger partial charge in [0.2, 0.25) is 0 Å². The fraction of sp³-hybridized carbons (Fsp3) is 0. The van der Waals surface area contributed by atoms with E-state index in [-0.39, 0.29) is 0 Å². The van der Waals surface area contributed by atoms with Gasteiger partial charge in [0.25, 0.3) is 0 Å². The van der Waals surface area contributed by atoms with Crippen molar-refractivity contribution in [1.82, 2.24) is 4.98 Å². The van der Waals surface area contributed by atoms with Gasteiger partial charge < -0.3 is 0 Å². The van der Waals surface area contributed by atoms with Gasteiger partial charge in [0.1, 0.15) is 0 Å². The summed E-state index contributed by atoms with van der Waals surface area (Å²) in [6.07, 6.45) is 1.72. The molecule has 0 radical (unpaired) electrons. The zero-order valence-corrected chi connectivity index (χ0v) is 22.0. The number of fused-ring (bicyclic) bond motifs is 7. The Labute approximate surface area is 230 Å². The van der Waals surface area contributed by atoms with Crippen LogP contribution in [0, 0.1) is 0 Å². The molecule has 5 aromatic carbocycles. The SMILES string of the molecule is c1ccc2c(c1)OP1(Oc3cccc4cccnc34)(Oc3ccccc3-2)Oc2ccccc2-c2ccccc2O1. The molecule has 3 heterocycles. The summed E-state index contributed by atoms with van der Waals surface area (Å²) in [6.45, 7) is 0. The van der Waals surface area contributed by atoms with E-state index in [0.717, 1.165) is 27.6 Å². The maximum atomic E-state index is 6.95. The van der Waals surface area contributed by atoms with E-state index in [1.807, 2.05) is 127 Å². The van der Waals surface area contributed by atoms with Crippen LogP contribution in [0.3, 0.4) is 0 Å². The molecule has 0 bridgehead atoms. The summed E-state index contributed by atoms with van der Waals surface area (Å²) in [7, 11) is -5.15. The molecule has 0 N–H and O–H groups in total. The first-order chi connectivity index (χ1) is 19.7. The predicted octanol–water partition coefficient (Wildman–Crippen LogP) is 9.02. The van der Waals surface area contributed by atoms with Crippen LogP contribution >= 0.6 is 7.74 Å². The van der Waals surface area contributed by atoms with Crippen molar-refractivity contribution < 1.29 is 22.6 Å². The molecule has 0 amide bonds. The van der Waals surface area contributed by atoms with Crippen molar-refractivity contribution in [3.05, 3.63) is 134 Å². The van der Waals surface area contributed by atoms with Crippen LogP contribution in [0.25, 0.3) is 33.2 Å². The number of hydrogen-bond donors (Lipinski definition) is 0. The van der Waals surface area contributed by atoms with Crippen molar-refractivity contribution in [2.75, 3.05) is 0 Å². The zero-order valence-electron chi connectivity index (χ0n) is 21.1. The molecule has 0 unspecified atom stereocenters. The van der Waals surface area contributed by atoms with Gasteiger partial charge in [-0.05, 0) is 0 Å². The molecule has 6 nitrogen and oxygen atoms in total. The van der Waals surface area contributed by atoms with Crippen molar-refractivity contribution in [2.24, 2.45) is 0 Å². The first kappa shape index (κ1) is 22.9. The Morgan fingerprint density at radius 3 is 1.35 bits per heavy atom. The van der Waals surface area contributed by atoms with Gasteiger partial charge in [0.15, 0.2) is 0 Å². The topological polar surface area (TPSA) is 59.0 Å². The van der Waals surface area contributed by atoms with E-state index < -0.39 is 7.74 Å². The molecule has 194 valence electrons. The molecule has 7 heteroatoms. The Morgan fingerprint density at radius 1 is 0.450 bits per heavy atom. The summed E-state index contributed by atoms with van der Waals surface area (Å²) in [5, 5.41) is 0.892. The molecule has 0 saturated carbocycles. The van der Waals surface area contributed by atoms with Crippen LogP contribution in [0.4, 0.5) is 0 Å². The predicted molar refractivity (Wildman–Crippen MR) is 156 cm³/mol. The number of hydrogen-bond acceptors (Lipinski definition) is 6. The van der Waals surface area contributed by atoms with Crippen LogP contribution in [0.15, 0.2) is 134 Å². The molecule has 0 fully saturated rings. The van der Waals surface area contributed by atoms with Gasteiger partial charge >= 0.3 is 231 Å². The Morgan fingerprint density at radius 2 is 0.875 bits per heavy atom. The van der Waals surface area contributed by atoms with Crippen LogP contribution < -0.4 is 22.6 Å². The van der Waals surface area contributed by atoms with Crippen molar-refractivity contribution in [3.8, 4) is 51.0 Å². The second-order valence-corrected chi connectivity index (χ2v) is 11.9. The molecule has 2 aliphatic heterocycles. The first-order valence-electron chi connectivity index (χ1n) is 12.9. The molecule has 0 atom stereocenters. The third-order valence-electron chi connectivity index (χ3n) is 6.96. The van der Waals surface area contributed by atoms with Crippen LogP contribution in [-0.2, 0) is 0 Å². The Kier molecular flexibility index (Phi) is 4.84. The summed E-state index contributed by atoms with van der Waals surface area (Å²) in [4.78, 5) is 4.62. The maximum absolute atomic E-state index is 6.95. The van der Waals surface area contributed by atoms with Crippen molar-refractivity contribution in [3.63, 3.8) is 0 Å². The van der Waals surface area contributed by atoms with Gasteiger partial charge in [-0.1, -0.05) is 0 Å². The number of aromatic nitrogens is 1. The Balaban J connectivity index is 1.47. The van der Waals surface area contributed by atoms with Gasteiger partial charge in [-0.2, -0.15) is 0 Å². The molecule has 0 aliphatic carbocycles. The average Bonchev–Trinajstić information content (AvgIpc) is 3.19. The second-order valence-electron chi connectivity index (χ2n) is 9.52. The second kappa shape index (κ2) is 8.47. The molecule has 2 aliphatic rings. The molecule has 0 saturated heterocycles. The minimum atomic E-state index is -5.15. The molecule has 8 rings (SSSR count). The Bertz CT molecular complexity index is 1730. The third kappa shape index (κ3) is 3.50. The monoisotopic (exact) mass is 543 g/mol. The van der Waals surface area contributed by atoms with Gasteiger partial charge in [0, 0.05) is 0 Å². The molecular weight excluding hydrogens is 521 g/mol. The van der Waals surface area contributed by atoms with Gasteiger partial charge in [-0.15, -0.1) is 0 Å². The van der Waals surface area contributed by atoms with Gasteiger partial charge in [-0.3, -0.25) is 0 Å². The van der Waals surface area contributed by atoms with E-state index in [0.29, 0.717) is 34.3 Å².